The van der Waals surface area contributed by atoms with Crippen molar-refractivity contribution in [2.75, 3.05) is 18.6 Å². The topological polar surface area (TPSA) is 32.8 Å². The summed E-state index contributed by atoms with van der Waals surface area (Å²) in [5.41, 5.74) is 3.30. The van der Waals surface area contributed by atoms with Crippen molar-refractivity contribution in [1.29, 1.82) is 0 Å². The minimum Gasteiger partial charge on any atom is -0.497 e. The monoisotopic (exact) mass is 322 g/mol. The van der Waals surface area contributed by atoms with Gasteiger partial charge < -0.3 is 4.74 Å². The molecule has 2 aliphatic heterocycles. The second kappa shape index (κ2) is 5.95. The van der Waals surface area contributed by atoms with E-state index in [1.165, 1.54) is 11.1 Å². The van der Waals surface area contributed by atoms with Gasteiger partial charge in [0.25, 0.3) is 0 Å². The molecule has 0 N–H and O–H groups in total. The first-order chi connectivity index (χ1) is 11.7. The number of anilines is 1. The van der Waals surface area contributed by atoms with Crippen molar-refractivity contribution in [3.63, 3.8) is 0 Å². The summed E-state index contributed by atoms with van der Waals surface area (Å²) in [5.74, 6) is 0.973. The lowest BCUT2D eigenvalue weighted by Gasteiger charge is -2.30. The molecule has 4 heteroatoms. The molecule has 0 unspecified atom stereocenters. The molecule has 2 fully saturated rings. The third kappa shape index (κ3) is 2.38. The van der Waals surface area contributed by atoms with Crippen molar-refractivity contribution < 1.29 is 9.53 Å². The van der Waals surface area contributed by atoms with Crippen molar-refractivity contribution in [2.24, 2.45) is 0 Å². The lowest BCUT2D eigenvalue weighted by atomic mass is 10.1. The van der Waals surface area contributed by atoms with Gasteiger partial charge in [-0.15, -0.1) is 0 Å². The lowest BCUT2D eigenvalue weighted by molar-refractivity contribution is -0.119. The van der Waals surface area contributed by atoms with Gasteiger partial charge in [-0.3, -0.25) is 14.6 Å². The zero-order chi connectivity index (χ0) is 16.7. The fourth-order valence-corrected chi connectivity index (χ4v) is 3.88. The summed E-state index contributed by atoms with van der Waals surface area (Å²) in [6.07, 6.45) is 2.00. The van der Waals surface area contributed by atoms with Crippen LogP contribution in [0.2, 0.25) is 0 Å². The Balaban J connectivity index is 1.79. The zero-order valence-electron chi connectivity index (χ0n) is 14.1. The van der Waals surface area contributed by atoms with Gasteiger partial charge in [-0.25, -0.2) is 0 Å². The molecule has 24 heavy (non-hydrogen) atoms. The van der Waals surface area contributed by atoms with E-state index in [1.807, 2.05) is 29.2 Å². The fourth-order valence-electron chi connectivity index (χ4n) is 3.88. The molecule has 2 aromatic carbocycles. The highest BCUT2D eigenvalue weighted by Crippen LogP contribution is 2.42. The Morgan fingerprint density at radius 1 is 1.12 bits per heavy atom. The van der Waals surface area contributed by atoms with Gasteiger partial charge in [0.1, 0.15) is 11.9 Å². The van der Waals surface area contributed by atoms with Crippen molar-refractivity contribution in [1.82, 2.24) is 4.90 Å². The van der Waals surface area contributed by atoms with Gasteiger partial charge in [-0.1, -0.05) is 35.9 Å². The SMILES string of the molecule is COc1cccc(N2C(=O)[C@@H]3CCCN3[C@@H]2c2ccc(C)cc2)c1. The highest BCUT2D eigenvalue weighted by molar-refractivity contribution is 6.00. The first kappa shape index (κ1) is 15.2. The van der Waals surface area contributed by atoms with Gasteiger partial charge in [-0.2, -0.15) is 0 Å². The summed E-state index contributed by atoms with van der Waals surface area (Å²) in [5, 5.41) is 0. The van der Waals surface area contributed by atoms with Crippen LogP contribution in [0.15, 0.2) is 48.5 Å². The van der Waals surface area contributed by atoms with E-state index >= 15 is 0 Å². The van der Waals surface area contributed by atoms with E-state index in [0.29, 0.717) is 0 Å². The molecule has 124 valence electrons. The van der Waals surface area contributed by atoms with Crippen LogP contribution < -0.4 is 9.64 Å². The van der Waals surface area contributed by atoms with E-state index in [0.717, 1.165) is 30.8 Å². The highest BCUT2D eigenvalue weighted by atomic mass is 16.5. The highest BCUT2D eigenvalue weighted by Gasteiger charge is 2.49. The molecule has 0 spiro atoms. The minimum absolute atomic E-state index is 0.00232. The number of carbonyl (C=O) groups is 1. The number of carbonyl (C=O) groups excluding carboxylic acids is 1. The van der Waals surface area contributed by atoms with E-state index in [4.69, 9.17) is 4.74 Å². The van der Waals surface area contributed by atoms with Crippen molar-refractivity contribution in [3.8, 4) is 5.75 Å². The molecule has 4 rings (SSSR count). The fraction of sp³-hybridized carbons (Fsp3) is 0.350. The number of nitrogens with zero attached hydrogens (tertiary/aromatic N) is 2. The molecular weight excluding hydrogens is 300 g/mol. The Morgan fingerprint density at radius 2 is 1.92 bits per heavy atom. The van der Waals surface area contributed by atoms with Crippen LogP contribution in [0.1, 0.15) is 30.1 Å². The van der Waals surface area contributed by atoms with Crippen LogP contribution in [0, 0.1) is 6.92 Å². The molecule has 2 aliphatic rings. The molecule has 2 atom stereocenters. The summed E-state index contributed by atoms with van der Waals surface area (Å²) < 4.78 is 5.35. The molecule has 0 radical (unpaired) electrons. The van der Waals surface area contributed by atoms with Crippen LogP contribution in [0.4, 0.5) is 5.69 Å². The normalized spacial score (nSPS) is 23.6. The third-order valence-corrected chi connectivity index (χ3v) is 5.08. The van der Waals surface area contributed by atoms with Gasteiger partial charge in [-0.05, 0) is 37.5 Å². The number of hydrogen-bond acceptors (Lipinski definition) is 3. The summed E-state index contributed by atoms with van der Waals surface area (Å²) in [6, 6.07) is 16.3. The predicted octanol–water partition coefficient (Wildman–Crippen LogP) is 3.51. The smallest absolute Gasteiger partial charge is 0.246 e. The van der Waals surface area contributed by atoms with Crippen LogP contribution in [0.3, 0.4) is 0 Å². The maximum absolute atomic E-state index is 13.1. The van der Waals surface area contributed by atoms with Gasteiger partial charge in [0.15, 0.2) is 0 Å². The average molecular weight is 322 g/mol. The van der Waals surface area contributed by atoms with Crippen molar-refractivity contribution >= 4 is 11.6 Å². The van der Waals surface area contributed by atoms with Crippen molar-refractivity contribution in [2.45, 2.75) is 32.0 Å². The van der Waals surface area contributed by atoms with Gasteiger partial charge in [0.2, 0.25) is 5.91 Å². The number of aryl methyl sites for hydroxylation is 1. The first-order valence-corrected chi connectivity index (χ1v) is 8.48. The summed E-state index contributed by atoms with van der Waals surface area (Å²) >= 11 is 0. The van der Waals surface area contributed by atoms with Crippen LogP contribution in [0.25, 0.3) is 0 Å². The lowest BCUT2D eigenvalue weighted by Crippen LogP contribution is -2.32. The molecule has 0 aliphatic carbocycles. The quantitative estimate of drug-likeness (QED) is 0.867. The Labute approximate surface area is 142 Å². The second-order valence-electron chi connectivity index (χ2n) is 6.59. The van der Waals surface area contributed by atoms with E-state index in [1.54, 1.807) is 7.11 Å². The second-order valence-corrected chi connectivity index (χ2v) is 6.59. The summed E-state index contributed by atoms with van der Waals surface area (Å²) in [6.45, 7) is 3.05. The maximum Gasteiger partial charge on any atom is 0.246 e. The zero-order valence-corrected chi connectivity index (χ0v) is 14.1. The van der Waals surface area contributed by atoms with E-state index in [2.05, 4.69) is 36.1 Å². The number of hydrogen-bond donors (Lipinski definition) is 0. The molecule has 2 saturated heterocycles. The van der Waals surface area contributed by atoms with E-state index in [9.17, 15) is 4.79 Å². The number of rotatable bonds is 3. The molecule has 2 aromatic rings. The van der Waals surface area contributed by atoms with Crippen LogP contribution in [-0.4, -0.2) is 30.5 Å². The number of benzene rings is 2. The molecule has 2 heterocycles. The number of ether oxygens (including phenoxy) is 1. The van der Waals surface area contributed by atoms with Gasteiger partial charge in [0, 0.05) is 18.3 Å². The Bertz CT molecular complexity index is 756. The number of fused-ring (bicyclic) bond motifs is 1. The minimum atomic E-state index is -0.0299. The third-order valence-electron chi connectivity index (χ3n) is 5.08. The van der Waals surface area contributed by atoms with E-state index < -0.39 is 0 Å². The molecular formula is C20H22N2O2. The summed E-state index contributed by atoms with van der Waals surface area (Å²) in [4.78, 5) is 17.4. The standard InChI is InChI=1S/C20H22N2O2/c1-14-8-10-15(11-9-14)19-21-12-4-7-18(21)20(23)22(19)16-5-3-6-17(13-16)24-2/h3,5-6,8-11,13,18-19H,4,7,12H2,1-2H3/t18-,19-/m0/s1. The Morgan fingerprint density at radius 3 is 2.67 bits per heavy atom. The predicted molar refractivity (Wildman–Crippen MR) is 94.1 cm³/mol. The number of amides is 1. The van der Waals surface area contributed by atoms with Crippen molar-refractivity contribution in [3.05, 3.63) is 59.7 Å². The maximum atomic E-state index is 13.1. The van der Waals surface area contributed by atoms with Gasteiger partial charge in [0.05, 0.1) is 13.2 Å². The van der Waals surface area contributed by atoms with E-state index in [-0.39, 0.29) is 18.1 Å². The Hall–Kier alpha value is -2.33. The molecule has 1 amide bonds. The molecule has 0 bridgehead atoms. The first-order valence-electron chi connectivity index (χ1n) is 8.48. The summed E-state index contributed by atoms with van der Waals surface area (Å²) in [7, 11) is 1.65. The number of methoxy groups -OCH3 is 1. The van der Waals surface area contributed by atoms with Crippen LogP contribution in [0.5, 0.6) is 5.75 Å². The van der Waals surface area contributed by atoms with Crippen LogP contribution in [-0.2, 0) is 4.79 Å². The van der Waals surface area contributed by atoms with Crippen LogP contribution >= 0.6 is 0 Å². The average Bonchev–Trinajstić information content (AvgIpc) is 3.18. The largest absolute Gasteiger partial charge is 0.497 e. The molecule has 0 saturated carbocycles. The molecule has 0 aromatic heterocycles. The molecule has 4 nitrogen and oxygen atoms in total. The Kier molecular flexibility index (Phi) is 3.77. The van der Waals surface area contributed by atoms with Gasteiger partial charge >= 0.3 is 0 Å².